The smallest absolute Gasteiger partial charge is 0.255 e. The molecule has 5 rings (SSSR count). The molecule has 42 heavy (non-hydrogen) atoms. The number of hydrogen-bond donors (Lipinski definition) is 0. The molecule has 2 aliphatic rings. The fourth-order valence-electron chi connectivity index (χ4n) is 6.02. The molecule has 0 N–H and O–H groups in total. The molecule has 2 fully saturated rings. The number of ketones is 1. The monoisotopic (exact) mass is 567 g/mol. The van der Waals surface area contributed by atoms with E-state index < -0.39 is 0 Å². The van der Waals surface area contributed by atoms with Gasteiger partial charge in [0, 0.05) is 50.9 Å². The van der Waals surface area contributed by atoms with E-state index in [2.05, 4.69) is 34.7 Å². The highest BCUT2D eigenvalue weighted by atomic mass is 19.1. The number of piperidine rings is 1. The number of nitriles is 1. The molecule has 0 spiro atoms. The number of Topliss-reactive ketones (excluding diaryl/α,β-unsaturated/α-hetero) is 1. The van der Waals surface area contributed by atoms with Crippen molar-refractivity contribution in [2.45, 2.75) is 45.2 Å². The van der Waals surface area contributed by atoms with Crippen molar-refractivity contribution < 1.29 is 14.0 Å². The SMILES string of the molecule is CC(C)(c1ccc(C#N)cc1)N1CCC(CC(=O)c2ccc(C(=O)N3CCN(Cc4ccc(F)cc4)CC3)cn2)CC1. The van der Waals surface area contributed by atoms with E-state index in [1.54, 1.807) is 24.3 Å². The third-order valence-corrected chi connectivity index (χ3v) is 8.87. The summed E-state index contributed by atoms with van der Waals surface area (Å²) < 4.78 is 13.2. The summed E-state index contributed by atoms with van der Waals surface area (Å²) in [5, 5.41) is 9.09. The minimum Gasteiger partial charge on any atom is -0.336 e. The van der Waals surface area contributed by atoms with Gasteiger partial charge < -0.3 is 4.90 Å². The van der Waals surface area contributed by atoms with Crippen LogP contribution in [0.4, 0.5) is 4.39 Å². The Morgan fingerprint density at radius 1 is 0.929 bits per heavy atom. The predicted octanol–water partition coefficient (Wildman–Crippen LogP) is 5.27. The number of aromatic nitrogens is 1. The number of carbonyl (C=O) groups is 2. The highest BCUT2D eigenvalue weighted by Gasteiger charge is 2.33. The van der Waals surface area contributed by atoms with Gasteiger partial charge in [-0.15, -0.1) is 0 Å². The molecule has 0 saturated carbocycles. The molecule has 0 unspecified atom stereocenters. The van der Waals surface area contributed by atoms with E-state index >= 15 is 0 Å². The Kier molecular flexibility index (Phi) is 9.10. The Bertz CT molecular complexity index is 1410. The molecular formula is C34H38FN5O2. The minimum atomic E-state index is -0.239. The lowest BCUT2D eigenvalue weighted by atomic mass is 9.85. The van der Waals surface area contributed by atoms with Gasteiger partial charge in [0.25, 0.3) is 5.91 Å². The molecule has 2 saturated heterocycles. The second-order valence-corrected chi connectivity index (χ2v) is 11.9. The van der Waals surface area contributed by atoms with Gasteiger partial charge >= 0.3 is 0 Å². The van der Waals surface area contributed by atoms with Crippen molar-refractivity contribution in [2.24, 2.45) is 5.92 Å². The van der Waals surface area contributed by atoms with E-state index in [9.17, 15) is 14.0 Å². The van der Waals surface area contributed by atoms with Crippen LogP contribution >= 0.6 is 0 Å². The van der Waals surface area contributed by atoms with Crippen molar-refractivity contribution in [1.82, 2.24) is 19.7 Å². The summed E-state index contributed by atoms with van der Waals surface area (Å²) in [7, 11) is 0. The van der Waals surface area contributed by atoms with Crippen molar-refractivity contribution in [1.29, 1.82) is 5.26 Å². The van der Waals surface area contributed by atoms with Crippen LogP contribution in [0.25, 0.3) is 0 Å². The summed E-state index contributed by atoms with van der Waals surface area (Å²) in [6.07, 6.45) is 3.87. The molecule has 0 bridgehead atoms. The second kappa shape index (κ2) is 12.9. The number of benzene rings is 2. The van der Waals surface area contributed by atoms with Crippen molar-refractivity contribution in [2.75, 3.05) is 39.3 Å². The molecular weight excluding hydrogens is 529 g/mol. The van der Waals surface area contributed by atoms with E-state index in [1.165, 1.54) is 23.9 Å². The maximum Gasteiger partial charge on any atom is 0.255 e. The lowest BCUT2D eigenvalue weighted by Crippen LogP contribution is -2.48. The summed E-state index contributed by atoms with van der Waals surface area (Å²) in [4.78, 5) is 37.0. The molecule has 2 aliphatic heterocycles. The number of likely N-dealkylation sites (tertiary alicyclic amines) is 1. The predicted molar refractivity (Wildman–Crippen MR) is 159 cm³/mol. The maximum atomic E-state index is 13.2. The summed E-state index contributed by atoms with van der Waals surface area (Å²) in [6.45, 7) is 9.68. The molecule has 3 aromatic rings. The Morgan fingerprint density at radius 2 is 1.60 bits per heavy atom. The first-order valence-corrected chi connectivity index (χ1v) is 14.7. The van der Waals surface area contributed by atoms with Crippen molar-refractivity contribution in [3.8, 4) is 6.07 Å². The van der Waals surface area contributed by atoms with Gasteiger partial charge in [0.1, 0.15) is 11.5 Å². The number of hydrogen-bond acceptors (Lipinski definition) is 6. The molecule has 218 valence electrons. The number of rotatable bonds is 8. The topological polar surface area (TPSA) is 80.5 Å². The number of carbonyl (C=O) groups excluding carboxylic acids is 2. The van der Waals surface area contributed by atoms with E-state index in [-0.39, 0.29) is 23.0 Å². The van der Waals surface area contributed by atoms with Crippen LogP contribution in [0.15, 0.2) is 66.9 Å². The first-order valence-electron chi connectivity index (χ1n) is 14.7. The first kappa shape index (κ1) is 29.6. The van der Waals surface area contributed by atoms with Gasteiger partial charge in [-0.3, -0.25) is 24.4 Å². The Labute approximate surface area is 247 Å². The number of pyridine rings is 1. The van der Waals surface area contributed by atoms with Crippen LogP contribution in [0.3, 0.4) is 0 Å². The van der Waals surface area contributed by atoms with Gasteiger partial charge in [-0.2, -0.15) is 5.26 Å². The van der Waals surface area contributed by atoms with Crippen LogP contribution < -0.4 is 0 Å². The molecule has 0 radical (unpaired) electrons. The van der Waals surface area contributed by atoms with Crippen molar-refractivity contribution in [3.05, 3.63) is 101 Å². The Morgan fingerprint density at radius 3 is 2.19 bits per heavy atom. The second-order valence-electron chi connectivity index (χ2n) is 11.9. The van der Waals surface area contributed by atoms with Gasteiger partial charge in [0.15, 0.2) is 5.78 Å². The van der Waals surface area contributed by atoms with Crippen LogP contribution in [0.1, 0.15) is 70.6 Å². The normalized spacial score (nSPS) is 17.1. The summed E-state index contributed by atoms with van der Waals surface area (Å²) in [6, 6.07) is 19.9. The van der Waals surface area contributed by atoms with Gasteiger partial charge in [0.2, 0.25) is 0 Å². The Balaban J connectivity index is 1.08. The third-order valence-electron chi connectivity index (χ3n) is 8.87. The standard InChI is InChI=1S/C34H38FN5O2/c1-34(2,29-8-3-26(22-36)4-9-29)40-15-13-25(14-16-40)21-32(41)31-12-7-28(23-37-31)33(42)39-19-17-38(18-20-39)24-27-5-10-30(35)11-6-27/h3-12,23,25H,13-21,24H2,1-2H3. The fourth-order valence-corrected chi connectivity index (χ4v) is 6.02. The number of amides is 1. The maximum absolute atomic E-state index is 13.2. The first-order chi connectivity index (χ1) is 20.2. The van der Waals surface area contributed by atoms with Crippen LogP contribution in [-0.4, -0.2) is 70.6 Å². The molecule has 7 nitrogen and oxygen atoms in total. The van der Waals surface area contributed by atoms with Crippen LogP contribution in [0, 0.1) is 23.1 Å². The zero-order valence-electron chi connectivity index (χ0n) is 24.4. The average molecular weight is 568 g/mol. The fraction of sp³-hybridized carbons (Fsp3) is 0.412. The van der Waals surface area contributed by atoms with Gasteiger partial charge in [0.05, 0.1) is 17.2 Å². The van der Waals surface area contributed by atoms with Gasteiger partial charge in [-0.05, 0) is 93.2 Å². The lowest BCUT2D eigenvalue weighted by molar-refractivity contribution is 0.0626. The lowest BCUT2D eigenvalue weighted by Gasteiger charge is -2.43. The zero-order valence-corrected chi connectivity index (χ0v) is 24.4. The van der Waals surface area contributed by atoms with Crippen molar-refractivity contribution >= 4 is 11.7 Å². The van der Waals surface area contributed by atoms with Crippen LogP contribution in [0.2, 0.25) is 0 Å². The minimum absolute atomic E-state index is 0.0215. The number of nitrogens with zero attached hydrogens (tertiary/aromatic N) is 5. The molecule has 2 aromatic carbocycles. The van der Waals surface area contributed by atoms with Crippen LogP contribution in [-0.2, 0) is 12.1 Å². The average Bonchev–Trinajstić information content (AvgIpc) is 3.02. The Hall–Kier alpha value is -3.93. The molecule has 1 amide bonds. The van der Waals surface area contributed by atoms with Crippen molar-refractivity contribution in [3.63, 3.8) is 0 Å². The largest absolute Gasteiger partial charge is 0.336 e. The molecule has 8 heteroatoms. The zero-order chi connectivity index (χ0) is 29.7. The van der Waals surface area contributed by atoms with Gasteiger partial charge in [-0.25, -0.2) is 4.39 Å². The van der Waals surface area contributed by atoms with Gasteiger partial charge in [-0.1, -0.05) is 24.3 Å². The van der Waals surface area contributed by atoms with E-state index in [1.807, 2.05) is 29.2 Å². The van der Waals surface area contributed by atoms with E-state index in [0.717, 1.165) is 51.1 Å². The highest BCUT2D eigenvalue weighted by molar-refractivity contribution is 5.97. The quantitative estimate of drug-likeness (QED) is 0.345. The summed E-state index contributed by atoms with van der Waals surface area (Å²) in [5.41, 5.74) is 3.66. The number of piperazine rings is 1. The van der Waals surface area contributed by atoms with E-state index in [4.69, 9.17) is 5.26 Å². The van der Waals surface area contributed by atoms with Crippen LogP contribution in [0.5, 0.6) is 0 Å². The molecule has 0 atom stereocenters. The summed E-state index contributed by atoms with van der Waals surface area (Å²) >= 11 is 0. The molecule has 0 aliphatic carbocycles. The molecule has 3 heterocycles. The highest BCUT2D eigenvalue weighted by Crippen LogP contribution is 2.33. The third kappa shape index (κ3) is 6.92. The number of halogens is 1. The van der Waals surface area contributed by atoms with E-state index in [0.29, 0.717) is 42.2 Å². The summed E-state index contributed by atoms with van der Waals surface area (Å²) in [5.74, 6) is 0.0190. The molecule has 1 aromatic heterocycles.